The number of aromatic amines is 2. The van der Waals surface area contributed by atoms with E-state index in [1.807, 2.05) is 45.3 Å². The number of hydrogen-bond acceptors (Lipinski definition) is 9. The highest BCUT2D eigenvalue weighted by Gasteiger charge is 2.54. The summed E-state index contributed by atoms with van der Waals surface area (Å²) in [6.07, 6.45) is 17.5. The van der Waals surface area contributed by atoms with Crippen molar-refractivity contribution in [2.75, 3.05) is 20.3 Å². The molecule has 13 nitrogen and oxygen atoms in total. The molecule has 0 saturated heterocycles. The number of aryl methyl sites for hydroxylation is 2. The Morgan fingerprint density at radius 1 is 0.820 bits per heavy atom. The normalized spacial score (nSPS) is 18.5. The zero-order chi connectivity index (χ0) is 42.3. The second-order valence-corrected chi connectivity index (χ2v) is 18.8. The number of imide groups is 1. The fourth-order valence-corrected chi connectivity index (χ4v) is 10.4. The van der Waals surface area contributed by atoms with Gasteiger partial charge >= 0.3 is 6.09 Å². The number of nitrogens with one attached hydrogen (secondary N) is 3. The standard InChI is InChI=1S/C25H26N4O3.C22H24ClN3O3/c1-31-7-8-32-17-9-16(12-26-14-17)20-10-19-15(13-27-20)3-4-18-22-21(28-23(18)19)11-25(5-2-6-25)29-24(22)30;1-21(2,3)29-20(28)26-19(27)17-13-6-5-12-11-24-16(23)9-14(12)18(13)25-15(17)10-22(26)7-4-8-22/h9-10,12-14,28H,2-8,11H2,1H3,(H,29,30);9,11,25H,4-8,10H2,1-3H3. The second kappa shape index (κ2) is 14.8. The van der Waals surface area contributed by atoms with E-state index in [9.17, 15) is 14.4 Å². The molecule has 4 aliphatic carbocycles. The number of rotatable bonds is 5. The lowest BCUT2D eigenvalue weighted by Crippen LogP contribution is -2.63. The zero-order valence-electron chi connectivity index (χ0n) is 35.1. The number of ether oxygens (including phenoxy) is 3. The van der Waals surface area contributed by atoms with E-state index in [-0.39, 0.29) is 17.4 Å². The van der Waals surface area contributed by atoms with E-state index in [2.05, 4.69) is 31.3 Å². The minimum atomic E-state index is -0.650. The molecule has 3 amide bonds. The van der Waals surface area contributed by atoms with Crippen LogP contribution in [0.5, 0.6) is 5.75 Å². The lowest BCUT2D eigenvalue weighted by atomic mass is 9.69. The van der Waals surface area contributed by atoms with Crippen molar-refractivity contribution in [3.05, 3.63) is 92.9 Å². The van der Waals surface area contributed by atoms with Gasteiger partial charge in [-0.3, -0.25) is 19.6 Å². The molecule has 2 spiro atoms. The van der Waals surface area contributed by atoms with Crippen LogP contribution in [0.1, 0.15) is 114 Å². The summed E-state index contributed by atoms with van der Waals surface area (Å²) < 4.78 is 16.4. The van der Waals surface area contributed by atoms with Crippen LogP contribution in [-0.2, 0) is 48.0 Å². The van der Waals surface area contributed by atoms with Crippen molar-refractivity contribution >= 4 is 29.5 Å². The largest absolute Gasteiger partial charge is 0.490 e. The van der Waals surface area contributed by atoms with Crippen LogP contribution in [0.3, 0.4) is 0 Å². The predicted molar refractivity (Wildman–Crippen MR) is 229 cm³/mol. The highest BCUT2D eigenvalue weighted by molar-refractivity contribution is 6.29. The van der Waals surface area contributed by atoms with E-state index in [1.54, 1.807) is 19.5 Å². The monoisotopic (exact) mass is 843 g/mol. The van der Waals surface area contributed by atoms with Crippen LogP contribution < -0.4 is 10.1 Å². The van der Waals surface area contributed by atoms with Crippen LogP contribution in [0, 0.1) is 0 Å². The molecule has 2 aliphatic heterocycles. The van der Waals surface area contributed by atoms with Gasteiger partial charge in [0.2, 0.25) is 0 Å². The Hall–Kier alpha value is -5.53. The van der Waals surface area contributed by atoms with Gasteiger partial charge in [0.05, 0.1) is 46.6 Å². The molecule has 2 saturated carbocycles. The molecular formula is C47H50ClN7O6. The number of nitrogens with zero attached hydrogens (tertiary/aromatic N) is 4. The fraction of sp³-hybridized carbons (Fsp3) is 0.447. The highest BCUT2D eigenvalue weighted by Crippen LogP contribution is 2.49. The van der Waals surface area contributed by atoms with Gasteiger partial charge in [-0.25, -0.2) is 14.7 Å². The third kappa shape index (κ3) is 6.90. The number of hydrogen-bond donors (Lipinski definition) is 3. The summed E-state index contributed by atoms with van der Waals surface area (Å²) in [5, 5.41) is 3.74. The van der Waals surface area contributed by atoms with Gasteiger partial charge in [-0.2, -0.15) is 0 Å². The molecule has 0 radical (unpaired) electrons. The van der Waals surface area contributed by atoms with Crippen molar-refractivity contribution in [2.24, 2.45) is 0 Å². The van der Waals surface area contributed by atoms with Crippen LogP contribution in [-0.4, -0.2) is 84.7 Å². The van der Waals surface area contributed by atoms with Gasteiger partial charge in [-0.1, -0.05) is 11.6 Å². The molecule has 0 atom stereocenters. The number of methoxy groups -OCH3 is 1. The minimum absolute atomic E-state index is 0.0291. The van der Waals surface area contributed by atoms with Crippen LogP contribution in [0.15, 0.2) is 43.0 Å². The number of amides is 3. The topological polar surface area (TPSA) is 164 Å². The summed E-state index contributed by atoms with van der Waals surface area (Å²) in [6.45, 7) is 6.47. The average molecular weight is 844 g/mol. The number of carbonyl (C=O) groups is 3. The third-order valence-electron chi connectivity index (χ3n) is 13.4. The van der Waals surface area contributed by atoms with Gasteiger partial charge in [0, 0.05) is 72.2 Å². The number of carbonyl (C=O) groups excluding carboxylic acids is 3. The first-order valence-electron chi connectivity index (χ1n) is 21.4. The quantitative estimate of drug-likeness (QED) is 0.117. The molecule has 0 unspecified atom stereocenters. The number of aromatic nitrogens is 5. The molecule has 0 aromatic carbocycles. The summed E-state index contributed by atoms with van der Waals surface area (Å²) in [6, 6.07) is 5.92. The maximum absolute atomic E-state index is 13.6. The molecule has 316 valence electrons. The molecular weight excluding hydrogens is 794 g/mol. The average Bonchev–Trinajstić information content (AvgIpc) is 3.78. The SMILES string of the molecule is CC(C)(C)OC(=O)N1C(=O)c2c([nH]c3c2CCc2cnc(Cl)cc2-3)CC12CCC2.COCCOc1cncc(-c2cc3c(cn2)CCc2c-3[nH]c3c2C(=O)NC2(CCC2)C3)c1. The van der Waals surface area contributed by atoms with Gasteiger partial charge in [-0.15, -0.1) is 0 Å². The lowest BCUT2D eigenvalue weighted by Gasteiger charge is -2.51. The number of halogens is 1. The summed E-state index contributed by atoms with van der Waals surface area (Å²) in [4.78, 5) is 61.4. The lowest BCUT2D eigenvalue weighted by molar-refractivity contribution is -0.0214. The smallest absolute Gasteiger partial charge is 0.417 e. The van der Waals surface area contributed by atoms with E-state index in [0.29, 0.717) is 36.1 Å². The molecule has 3 N–H and O–H groups in total. The van der Waals surface area contributed by atoms with Crippen LogP contribution >= 0.6 is 11.6 Å². The molecule has 5 aromatic rings. The maximum Gasteiger partial charge on any atom is 0.417 e. The number of pyridine rings is 3. The van der Waals surface area contributed by atoms with Crippen molar-refractivity contribution in [1.82, 2.24) is 35.1 Å². The van der Waals surface area contributed by atoms with E-state index in [1.165, 1.54) is 16.9 Å². The minimum Gasteiger partial charge on any atom is -0.490 e. The van der Waals surface area contributed by atoms with E-state index in [0.717, 1.165) is 132 Å². The number of H-pyrrole nitrogens is 2. The summed E-state index contributed by atoms with van der Waals surface area (Å²) in [5.74, 6) is 0.546. The van der Waals surface area contributed by atoms with Crippen LogP contribution in [0.2, 0.25) is 5.15 Å². The third-order valence-corrected chi connectivity index (χ3v) is 13.6. The van der Waals surface area contributed by atoms with Crippen LogP contribution in [0.25, 0.3) is 33.8 Å². The Bertz CT molecular complexity index is 2620. The van der Waals surface area contributed by atoms with Crippen molar-refractivity contribution in [3.8, 4) is 39.5 Å². The van der Waals surface area contributed by atoms with Crippen molar-refractivity contribution in [1.29, 1.82) is 0 Å². The molecule has 11 rings (SSSR count). The molecule has 6 aliphatic rings. The molecule has 2 fully saturated rings. The Kier molecular flexibility index (Phi) is 9.63. The zero-order valence-corrected chi connectivity index (χ0v) is 35.8. The maximum atomic E-state index is 13.6. The Morgan fingerprint density at radius 3 is 2.15 bits per heavy atom. The van der Waals surface area contributed by atoms with Gasteiger partial charge in [-0.05, 0) is 125 Å². The first-order chi connectivity index (χ1) is 29.3. The van der Waals surface area contributed by atoms with E-state index in [4.69, 9.17) is 30.8 Å². The highest BCUT2D eigenvalue weighted by atomic mass is 35.5. The Labute approximate surface area is 359 Å². The van der Waals surface area contributed by atoms with E-state index >= 15 is 0 Å². The summed E-state index contributed by atoms with van der Waals surface area (Å²) in [5.41, 5.74) is 12.7. The predicted octanol–water partition coefficient (Wildman–Crippen LogP) is 8.16. The Balaban J connectivity index is 0.000000147. The van der Waals surface area contributed by atoms with Gasteiger partial charge in [0.25, 0.3) is 11.8 Å². The van der Waals surface area contributed by atoms with E-state index < -0.39 is 17.2 Å². The molecule has 7 heterocycles. The van der Waals surface area contributed by atoms with Crippen LogP contribution in [0.4, 0.5) is 4.79 Å². The van der Waals surface area contributed by atoms with Crippen molar-refractivity contribution < 1.29 is 28.6 Å². The molecule has 5 aromatic heterocycles. The molecule has 0 bridgehead atoms. The summed E-state index contributed by atoms with van der Waals surface area (Å²) >= 11 is 6.14. The molecule has 61 heavy (non-hydrogen) atoms. The first-order valence-corrected chi connectivity index (χ1v) is 21.8. The second-order valence-electron chi connectivity index (χ2n) is 18.4. The van der Waals surface area contributed by atoms with Gasteiger partial charge in [0.1, 0.15) is 23.1 Å². The fourth-order valence-electron chi connectivity index (χ4n) is 10.2. The van der Waals surface area contributed by atoms with Gasteiger partial charge < -0.3 is 29.5 Å². The first kappa shape index (κ1) is 39.6. The molecule has 14 heteroatoms. The number of fused-ring (bicyclic) bond motifs is 10. The Morgan fingerprint density at radius 2 is 1.49 bits per heavy atom. The van der Waals surface area contributed by atoms with Gasteiger partial charge in [0.15, 0.2) is 0 Å². The summed E-state index contributed by atoms with van der Waals surface area (Å²) in [7, 11) is 1.65. The van der Waals surface area contributed by atoms with Crippen molar-refractivity contribution in [2.45, 2.75) is 114 Å². The van der Waals surface area contributed by atoms with Crippen molar-refractivity contribution in [3.63, 3.8) is 0 Å².